The zero-order valence-electron chi connectivity index (χ0n) is 22.0. The molecule has 7 nitrogen and oxygen atoms in total. The van der Waals surface area contributed by atoms with E-state index in [1.54, 1.807) is 18.2 Å². The number of halogens is 6. The number of anilines is 1. The van der Waals surface area contributed by atoms with Crippen molar-refractivity contribution in [1.29, 1.82) is 0 Å². The molecule has 222 valence electrons. The summed E-state index contributed by atoms with van der Waals surface area (Å²) in [6.45, 7) is -0.0330. The molecule has 1 aromatic rings. The Hall–Kier alpha value is -2.83. The van der Waals surface area contributed by atoms with Crippen molar-refractivity contribution in [3.63, 3.8) is 0 Å². The SMILES string of the molecule is O=C1CC[C@H](N2Cc3c(N[C@@H](CCCC(F)(F)F)C4CCC(NCCC(F)(F)F)CC4)cccc3C2=O)C(=O)N1. The average Bonchev–Trinajstić information content (AvgIpc) is 3.19. The topological polar surface area (TPSA) is 90.5 Å². The molecule has 0 spiro atoms. The van der Waals surface area contributed by atoms with Crippen molar-refractivity contribution in [2.45, 2.75) is 101 Å². The fraction of sp³-hybridized carbons (Fsp3) is 0.667. The van der Waals surface area contributed by atoms with Crippen molar-refractivity contribution in [3.05, 3.63) is 29.3 Å². The minimum Gasteiger partial charge on any atom is -0.382 e. The molecule has 3 N–H and O–H groups in total. The molecule has 2 heterocycles. The quantitative estimate of drug-likeness (QED) is 0.268. The minimum absolute atomic E-state index is 0.00750. The van der Waals surface area contributed by atoms with Crippen LogP contribution in [-0.2, 0) is 16.1 Å². The summed E-state index contributed by atoms with van der Waals surface area (Å²) in [6, 6.07) is 3.90. The lowest BCUT2D eigenvalue weighted by Crippen LogP contribution is -2.52. The zero-order chi connectivity index (χ0) is 29.1. The van der Waals surface area contributed by atoms with Crippen LogP contribution in [0.15, 0.2) is 18.2 Å². The van der Waals surface area contributed by atoms with E-state index in [0.717, 1.165) is 0 Å². The Bertz CT molecular complexity index is 1090. The van der Waals surface area contributed by atoms with Gasteiger partial charge < -0.3 is 15.5 Å². The summed E-state index contributed by atoms with van der Waals surface area (Å²) < 4.78 is 76.2. The van der Waals surface area contributed by atoms with Crippen LogP contribution >= 0.6 is 0 Å². The van der Waals surface area contributed by atoms with Gasteiger partial charge in [0.1, 0.15) is 6.04 Å². The number of hydrogen-bond donors (Lipinski definition) is 3. The molecule has 1 aliphatic carbocycles. The largest absolute Gasteiger partial charge is 0.390 e. The number of benzene rings is 1. The van der Waals surface area contributed by atoms with Crippen molar-refractivity contribution in [2.24, 2.45) is 5.92 Å². The first-order valence-corrected chi connectivity index (χ1v) is 13.7. The Morgan fingerprint density at radius 3 is 2.30 bits per heavy atom. The Kier molecular flexibility index (Phi) is 9.31. The van der Waals surface area contributed by atoms with Gasteiger partial charge in [-0.1, -0.05) is 6.07 Å². The first-order valence-electron chi connectivity index (χ1n) is 13.7. The zero-order valence-corrected chi connectivity index (χ0v) is 22.0. The third-order valence-electron chi connectivity index (χ3n) is 8.08. The molecule has 3 aliphatic rings. The van der Waals surface area contributed by atoms with Gasteiger partial charge in [-0.15, -0.1) is 0 Å². The van der Waals surface area contributed by atoms with Gasteiger partial charge in [-0.3, -0.25) is 19.7 Å². The van der Waals surface area contributed by atoms with Crippen LogP contribution in [0.1, 0.15) is 80.1 Å². The maximum atomic E-state index is 13.2. The molecule has 1 saturated heterocycles. The van der Waals surface area contributed by atoms with Gasteiger partial charge in [-0.25, -0.2) is 0 Å². The number of hydrogen-bond acceptors (Lipinski definition) is 5. The lowest BCUT2D eigenvalue weighted by atomic mass is 9.79. The fourth-order valence-corrected chi connectivity index (χ4v) is 6.01. The van der Waals surface area contributed by atoms with Crippen molar-refractivity contribution in [1.82, 2.24) is 15.5 Å². The first kappa shape index (κ1) is 30.1. The fourth-order valence-electron chi connectivity index (χ4n) is 6.01. The van der Waals surface area contributed by atoms with Crippen molar-refractivity contribution in [3.8, 4) is 0 Å². The minimum atomic E-state index is -4.28. The summed E-state index contributed by atoms with van der Waals surface area (Å²) in [5, 5.41) is 8.61. The molecule has 1 saturated carbocycles. The Balaban J connectivity index is 1.44. The van der Waals surface area contributed by atoms with Crippen LogP contribution < -0.4 is 16.0 Å². The smallest absolute Gasteiger partial charge is 0.382 e. The van der Waals surface area contributed by atoms with Crippen LogP contribution in [-0.4, -0.2) is 59.6 Å². The van der Waals surface area contributed by atoms with Gasteiger partial charge in [0.25, 0.3) is 5.91 Å². The number of carbonyl (C=O) groups is 3. The van der Waals surface area contributed by atoms with Crippen LogP contribution in [0.3, 0.4) is 0 Å². The van der Waals surface area contributed by atoms with Gasteiger partial charge in [0.15, 0.2) is 0 Å². The van der Waals surface area contributed by atoms with Crippen LogP contribution in [0.25, 0.3) is 0 Å². The summed E-state index contributed by atoms with van der Waals surface area (Å²) >= 11 is 0. The predicted octanol–water partition coefficient (Wildman–Crippen LogP) is 5.06. The highest BCUT2D eigenvalue weighted by Gasteiger charge is 2.40. The molecule has 0 unspecified atom stereocenters. The summed E-state index contributed by atoms with van der Waals surface area (Å²) in [7, 11) is 0. The number of imide groups is 1. The number of fused-ring (bicyclic) bond motifs is 1. The number of carbonyl (C=O) groups excluding carboxylic acids is 3. The lowest BCUT2D eigenvalue weighted by Gasteiger charge is -2.36. The Labute approximate surface area is 228 Å². The summed E-state index contributed by atoms with van der Waals surface area (Å²) in [5.41, 5.74) is 1.67. The van der Waals surface area contributed by atoms with E-state index in [-0.39, 0.29) is 68.6 Å². The summed E-state index contributed by atoms with van der Waals surface area (Å²) in [6.07, 6.45) is -7.33. The second-order valence-corrected chi connectivity index (χ2v) is 10.9. The van der Waals surface area contributed by atoms with E-state index in [0.29, 0.717) is 42.5 Å². The van der Waals surface area contributed by atoms with Crippen LogP contribution in [0, 0.1) is 5.92 Å². The van der Waals surface area contributed by atoms with E-state index < -0.39 is 37.1 Å². The monoisotopic (exact) mass is 576 g/mol. The van der Waals surface area contributed by atoms with E-state index in [2.05, 4.69) is 16.0 Å². The molecule has 13 heteroatoms. The van der Waals surface area contributed by atoms with E-state index in [1.807, 2.05) is 0 Å². The highest BCUT2D eigenvalue weighted by atomic mass is 19.4. The molecule has 40 heavy (non-hydrogen) atoms. The Morgan fingerprint density at radius 1 is 0.950 bits per heavy atom. The molecule has 0 bridgehead atoms. The maximum absolute atomic E-state index is 13.2. The van der Waals surface area contributed by atoms with Crippen molar-refractivity contribution < 1.29 is 40.7 Å². The standard InChI is InChI=1S/C27H34F6N4O3/c28-26(29,30)12-2-5-20(16-6-8-17(9-7-16)34-14-13-27(31,32)33)35-21-4-1-3-18-19(21)15-37(25(18)40)22-10-11-23(38)36-24(22)39/h1,3-4,16-17,20,22,34-35H,2,5-15H2,(H,36,38,39)/t16?,17?,20-,22-/m0/s1. The van der Waals surface area contributed by atoms with Crippen molar-refractivity contribution in [2.75, 3.05) is 11.9 Å². The summed E-state index contributed by atoms with van der Waals surface area (Å²) in [5.74, 6) is -1.25. The molecule has 4 rings (SSSR count). The second kappa shape index (κ2) is 12.4. The third kappa shape index (κ3) is 7.88. The number of nitrogens with one attached hydrogen (secondary N) is 3. The first-order chi connectivity index (χ1) is 18.8. The molecule has 1 aromatic carbocycles. The van der Waals surface area contributed by atoms with E-state index in [9.17, 15) is 40.7 Å². The van der Waals surface area contributed by atoms with Gasteiger partial charge in [0.2, 0.25) is 11.8 Å². The molecule has 3 amide bonds. The van der Waals surface area contributed by atoms with Gasteiger partial charge in [0, 0.05) is 54.8 Å². The molecule has 2 atom stereocenters. The van der Waals surface area contributed by atoms with Gasteiger partial charge in [-0.2, -0.15) is 26.3 Å². The lowest BCUT2D eigenvalue weighted by molar-refractivity contribution is -0.137. The van der Waals surface area contributed by atoms with Gasteiger partial charge in [0.05, 0.1) is 6.42 Å². The average molecular weight is 577 g/mol. The Morgan fingerprint density at radius 2 is 1.65 bits per heavy atom. The molecule has 2 aliphatic heterocycles. The molecular weight excluding hydrogens is 542 g/mol. The number of piperidine rings is 1. The van der Waals surface area contributed by atoms with Gasteiger partial charge >= 0.3 is 12.4 Å². The van der Waals surface area contributed by atoms with Crippen LogP contribution in [0.4, 0.5) is 32.0 Å². The van der Waals surface area contributed by atoms with E-state index in [1.165, 1.54) is 4.90 Å². The van der Waals surface area contributed by atoms with Crippen LogP contribution in [0.5, 0.6) is 0 Å². The number of alkyl halides is 6. The molecule has 2 fully saturated rings. The second-order valence-electron chi connectivity index (χ2n) is 10.9. The predicted molar refractivity (Wildman–Crippen MR) is 134 cm³/mol. The molecular formula is C27H34F6N4O3. The molecule has 0 aromatic heterocycles. The highest BCUT2D eigenvalue weighted by Crippen LogP contribution is 2.36. The number of amides is 3. The maximum Gasteiger partial charge on any atom is 0.390 e. The van der Waals surface area contributed by atoms with E-state index in [4.69, 9.17) is 0 Å². The van der Waals surface area contributed by atoms with Gasteiger partial charge in [-0.05, 0) is 63.0 Å². The number of nitrogens with zero attached hydrogens (tertiary/aromatic N) is 1. The highest BCUT2D eigenvalue weighted by molar-refractivity contribution is 6.06. The molecule has 0 radical (unpaired) electrons. The normalized spacial score (nSPS) is 24.6. The summed E-state index contributed by atoms with van der Waals surface area (Å²) in [4.78, 5) is 38.5. The van der Waals surface area contributed by atoms with E-state index >= 15 is 0 Å². The number of rotatable bonds is 10. The van der Waals surface area contributed by atoms with Crippen LogP contribution in [0.2, 0.25) is 0 Å². The third-order valence-corrected chi connectivity index (χ3v) is 8.08. The van der Waals surface area contributed by atoms with Crippen molar-refractivity contribution >= 4 is 23.4 Å².